The lowest BCUT2D eigenvalue weighted by atomic mass is 10.1. The number of hydrogen-bond acceptors (Lipinski definition) is 3. The maximum atomic E-state index is 12.5. The summed E-state index contributed by atoms with van der Waals surface area (Å²) in [6.07, 6.45) is 4.75. The molecule has 2 aliphatic carbocycles. The number of hydrogen-bond donors (Lipinski definition) is 1. The Kier molecular flexibility index (Phi) is 4.41. The Morgan fingerprint density at radius 3 is 2.73 bits per heavy atom. The van der Waals surface area contributed by atoms with E-state index in [0.717, 1.165) is 19.3 Å². The van der Waals surface area contributed by atoms with Gasteiger partial charge in [0.1, 0.15) is 0 Å². The summed E-state index contributed by atoms with van der Waals surface area (Å²) in [4.78, 5) is 24.5. The lowest BCUT2D eigenvalue weighted by molar-refractivity contribution is 0.0407. The van der Waals surface area contributed by atoms with Crippen molar-refractivity contribution in [3.8, 4) is 0 Å². The summed E-state index contributed by atoms with van der Waals surface area (Å²) < 4.78 is 7.33. The second kappa shape index (κ2) is 6.72. The van der Waals surface area contributed by atoms with Gasteiger partial charge in [-0.2, -0.15) is 0 Å². The summed E-state index contributed by atoms with van der Waals surface area (Å²) >= 11 is 0. The molecule has 4 rings (SSSR count). The Bertz CT molecular complexity index is 855. The Morgan fingerprint density at radius 2 is 2.00 bits per heavy atom. The van der Waals surface area contributed by atoms with Crippen LogP contribution < -0.4 is 10.9 Å². The number of aromatic nitrogens is 1. The SMILES string of the molecule is CC1(OCCn2cc(C(=O)N[C@@H]3C[C@H]3c3ccccc3)ccc2=O)CC1. The fourth-order valence-corrected chi connectivity index (χ4v) is 3.23. The van der Waals surface area contributed by atoms with Crippen LogP contribution in [0.4, 0.5) is 0 Å². The van der Waals surface area contributed by atoms with Crippen molar-refractivity contribution in [2.24, 2.45) is 0 Å². The smallest absolute Gasteiger partial charge is 0.253 e. The summed E-state index contributed by atoms with van der Waals surface area (Å²) in [5, 5.41) is 3.07. The van der Waals surface area contributed by atoms with Crippen molar-refractivity contribution >= 4 is 5.91 Å². The molecule has 0 bridgehead atoms. The van der Waals surface area contributed by atoms with Crippen molar-refractivity contribution in [3.05, 3.63) is 70.1 Å². The van der Waals surface area contributed by atoms with Gasteiger partial charge in [0.05, 0.1) is 17.8 Å². The molecule has 5 nitrogen and oxygen atoms in total. The van der Waals surface area contributed by atoms with E-state index in [1.54, 1.807) is 16.8 Å². The number of pyridine rings is 1. The molecule has 0 aliphatic heterocycles. The monoisotopic (exact) mass is 352 g/mol. The van der Waals surface area contributed by atoms with Crippen molar-refractivity contribution in [1.29, 1.82) is 0 Å². The number of nitrogens with one attached hydrogen (secondary N) is 1. The highest BCUT2D eigenvalue weighted by Gasteiger charge is 2.39. The molecule has 5 heteroatoms. The van der Waals surface area contributed by atoms with Crippen molar-refractivity contribution in [2.75, 3.05) is 6.61 Å². The zero-order valence-electron chi connectivity index (χ0n) is 15.0. The van der Waals surface area contributed by atoms with Crippen LogP contribution in [0.3, 0.4) is 0 Å². The summed E-state index contributed by atoms with van der Waals surface area (Å²) in [7, 11) is 0. The zero-order chi connectivity index (χ0) is 18.1. The molecule has 26 heavy (non-hydrogen) atoms. The van der Waals surface area contributed by atoms with Gasteiger partial charge in [-0.3, -0.25) is 9.59 Å². The predicted octanol–water partition coefficient (Wildman–Crippen LogP) is 2.70. The Morgan fingerprint density at radius 1 is 1.23 bits per heavy atom. The van der Waals surface area contributed by atoms with Gasteiger partial charge in [0.2, 0.25) is 0 Å². The highest BCUT2D eigenvalue weighted by Crippen LogP contribution is 2.40. The number of nitrogens with zero attached hydrogens (tertiary/aromatic N) is 1. The van der Waals surface area contributed by atoms with E-state index in [2.05, 4.69) is 24.4 Å². The van der Waals surface area contributed by atoms with Gasteiger partial charge in [0, 0.05) is 30.8 Å². The van der Waals surface area contributed by atoms with E-state index in [0.29, 0.717) is 24.6 Å². The first-order valence-electron chi connectivity index (χ1n) is 9.24. The number of carbonyl (C=O) groups excluding carboxylic acids is 1. The maximum absolute atomic E-state index is 12.5. The molecule has 1 aromatic carbocycles. The third-order valence-electron chi connectivity index (χ3n) is 5.32. The largest absolute Gasteiger partial charge is 0.373 e. The van der Waals surface area contributed by atoms with Crippen LogP contribution in [0.2, 0.25) is 0 Å². The minimum absolute atomic E-state index is 0.00296. The van der Waals surface area contributed by atoms with Crippen LogP contribution in [0, 0.1) is 0 Å². The molecular weight excluding hydrogens is 328 g/mol. The Hall–Kier alpha value is -2.40. The maximum Gasteiger partial charge on any atom is 0.253 e. The molecule has 0 saturated heterocycles. The van der Waals surface area contributed by atoms with Crippen LogP contribution in [-0.2, 0) is 11.3 Å². The minimum atomic E-state index is -0.128. The van der Waals surface area contributed by atoms with Crippen LogP contribution in [0.15, 0.2) is 53.5 Å². The number of ether oxygens (including phenoxy) is 1. The van der Waals surface area contributed by atoms with Crippen LogP contribution in [0.25, 0.3) is 0 Å². The summed E-state index contributed by atoms with van der Waals surface area (Å²) in [5.74, 6) is 0.260. The van der Waals surface area contributed by atoms with Gasteiger partial charge in [-0.15, -0.1) is 0 Å². The average molecular weight is 352 g/mol. The molecule has 1 N–H and O–H groups in total. The lowest BCUT2D eigenvalue weighted by Gasteiger charge is -2.12. The molecule has 2 fully saturated rings. The van der Waals surface area contributed by atoms with E-state index in [9.17, 15) is 9.59 Å². The highest BCUT2D eigenvalue weighted by atomic mass is 16.5. The van der Waals surface area contributed by atoms with Gasteiger partial charge in [-0.25, -0.2) is 0 Å². The number of benzene rings is 1. The van der Waals surface area contributed by atoms with Gasteiger partial charge in [0.25, 0.3) is 11.5 Å². The molecule has 2 aliphatic rings. The molecule has 0 radical (unpaired) electrons. The van der Waals surface area contributed by atoms with E-state index in [4.69, 9.17) is 4.74 Å². The Labute approximate surface area is 153 Å². The van der Waals surface area contributed by atoms with Crippen molar-refractivity contribution < 1.29 is 9.53 Å². The molecule has 136 valence electrons. The van der Waals surface area contributed by atoms with Gasteiger partial charge >= 0.3 is 0 Å². The van der Waals surface area contributed by atoms with Crippen LogP contribution in [-0.4, -0.2) is 28.7 Å². The summed E-state index contributed by atoms with van der Waals surface area (Å²) in [6, 6.07) is 13.4. The van der Waals surface area contributed by atoms with Gasteiger partial charge < -0.3 is 14.6 Å². The standard InChI is InChI=1S/C21H24N2O3/c1-21(9-10-21)26-12-11-23-14-16(7-8-19(23)24)20(25)22-18-13-17(18)15-5-3-2-4-6-15/h2-8,14,17-18H,9-13H2,1H3,(H,22,25)/t17-,18+/m0/s1. The van der Waals surface area contributed by atoms with E-state index in [-0.39, 0.29) is 23.1 Å². The highest BCUT2D eigenvalue weighted by molar-refractivity contribution is 5.94. The molecule has 1 amide bonds. The van der Waals surface area contributed by atoms with E-state index in [1.807, 2.05) is 18.2 Å². The molecule has 1 aromatic heterocycles. The number of amides is 1. The summed E-state index contributed by atoms with van der Waals surface area (Å²) in [5.41, 5.74) is 1.66. The second-order valence-electron chi connectivity index (χ2n) is 7.58. The van der Waals surface area contributed by atoms with E-state index >= 15 is 0 Å². The normalized spacial score (nSPS) is 22.7. The quantitative estimate of drug-likeness (QED) is 0.833. The first-order valence-corrected chi connectivity index (χ1v) is 9.24. The van der Waals surface area contributed by atoms with Gasteiger partial charge in [0.15, 0.2) is 0 Å². The first kappa shape index (κ1) is 17.0. The van der Waals surface area contributed by atoms with Crippen molar-refractivity contribution in [3.63, 3.8) is 0 Å². The van der Waals surface area contributed by atoms with Crippen LogP contribution in [0.5, 0.6) is 0 Å². The van der Waals surface area contributed by atoms with E-state index in [1.165, 1.54) is 11.6 Å². The first-order chi connectivity index (χ1) is 12.5. The number of carbonyl (C=O) groups is 1. The van der Waals surface area contributed by atoms with E-state index < -0.39 is 0 Å². The second-order valence-corrected chi connectivity index (χ2v) is 7.58. The van der Waals surface area contributed by atoms with Crippen LogP contribution >= 0.6 is 0 Å². The molecule has 2 atom stereocenters. The van der Waals surface area contributed by atoms with Crippen molar-refractivity contribution in [1.82, 2.24) is 9.88 Å². The molecule has 2 aromatic rings. The lowest BCUT2D eigenvalue weighted by Crippen LogP contribution is -2.29. The van der Waals surface area contributed by atoms with Crippen LogP contribution in [0.1, 0.15) is 48.0 Å². The third-order valence-corrected chi connectivity index (χ3v) is 5.32. The number of rotatable bonds is 7. The average Bonchev–Trinajstić information content (AvgIpc) is 3.56. The Balaban J connectivity index is 1.35. The minimum Gasteiger partial charge on any atom is -0.373 e. The zero-order valence-corrected chi connectivity index (χ0v) is 15.0. The van der Waals surface area contributed by atoms with Crippen molar-refractivity contribution in [2.45, 2.75) is 50.3 Å². The third kappa shape index (κ3) is 3.88. The molecule has 2 saturated carbocycles. The van der Waals surface area contributed by atoms with Gasteiger partial charge in [-0.05, 0) is 37.8 Å². The predicted molar refractivity (Wildman–Crippen MR) is 99.3 cm³/mol. The molecule has 0 spiro atoms. The topological polar surface area (TPSA) is 60.3 Å². The van der Waals surface area contributed by atoms with Gasteiger partial charge in [-0.1, -0.05) is 30.3 Å². The fourth-order valence-electron chi connectivity index (χ4n) is 3.23. The molecule has 1 heterocycles. The summed E-state index contributed by atoms with van der Waals surface area (Å²) in [6.45, 7) is 3.03. The molecular formula is C21H24N2O3. The fraction of sp³-hybridized carbons (Fsp3) is 0.429. The molecule has 0 unspecified atom stereocenters.